The molecule has 0 saturated carbocycles. The highest BCUT2D eigenvalue weighted by Crippen LogP contribution is 2.43. The summed E-state index contributed by atoms with van der Waals surface area (Å²) in [6, 6.07) is 27.2. The van der Waals surface area contributed by atoms with Crippen LogP contribution in [0.25, 0.3) is 53.2 Å². The fourth-order valence-corrected chi connectivity index (χ4v) is 5.23. The van der Waals surface area contributed by atoms with Crippen molar-refractivity contribution in [1.82, 2.24) is 0 Å². The van der Waals surface area contributed by atoms with Crippen molar-refractivity contribution >= 4 is 65.0 Å². The maximum absolute atomic E-state index is 6.20. The van der Waals surface area contributed by atoms with Crippen molar-refractivity contribution in [3.8, 4) is 11.1 Å². The van der Waals surface area contributed by atoms with Crippen molar-refractivity contribution < 1.29 is 4.42 Å². The Kier molecular flexibility index (Phi) is 3.16. The van der Waals surface area contributed by atoms with Crippen LogP contribution in [-0.4, -0.2) is 0 Å². The molecule has 4 aromatic carbocycles. The van der Waals surface area contributed by atoms with Gasteiger partial charge in [0.1, 0.15) is 11.2 Å². The fraction of sp³-hybridized carbons (Fsp3) is 0. The van der Waals surface area contributed by atoms with Gasteiger partial charge in [0.25, 0.3) is 0 Å². The van der Waals surface area contributed by atoms with Gasteiger partial charge in [0.2, 0.25) is 0 Å². The van der Waals surface area contributed by atoms with Gasteiger partial charge in [-0.05, 0) is 53.6 Å². The first kappa shape index (κ1) is 15.3. The predicted octanol–water partition coefficient (Wildman–Crippen LogP) is 8.27. The molecule has 0 fully saturated rings. The number of hydrogen-bond acceptors (Lipinski definition) is 2. The van der Waals surface area contributed by atoms with E-state index in [4.69, 9.17) is 16.0 Å². The molecular formula is C24H13ClOS. The Morgan fingerprint density at radius 2 is 1.48 bits per heavy atom. The van der Waals surface area contributed by atoms with Gasteiger partial charge in [0, 0.05) is 36.0 Å². The Balaban J connectivity index is 1.76. The largest absolute Gasteiger partial charge is 0.456 e. The van der Waals surface area contributed by atoms with Gasteiger partial charge in [0.05, 0.1) is 0 Å². The Hall–Kier alpha value is -2.81. The summed E-state index contributed by atoms with van der Waals surface area (Å²) in [5.41, 5.74) is 4.10. The molecule has 0 radical (unpaired) electrons. The molecule has 2 heterocycles. The molecule has 3 heteroatoms. The molecule has 128 valence electrons. The van der Waals surface area contributed by atoms with E-state index >= 15 is 0 Å². The average Bonchev–Trinajstić information content (AvgIpc) is 3.25. The summed E-state index contributed by atoms with van der Waals surface area (Å²) in [7, 11) is 0. The van der Waals surface area contributed by atoms with Crippen LogP contribution in [0, 0.1) is 0 Å². The molecule has 0 aliphatic heterocycles. The van der Waals surface area contributed by atoms with Crippen LogP contribution in [0.2, 0.25) is 5.02 Å². The van der Waals surface area contributed by atoms with Crippen molar-refractivity contribution in [2.45, 2.75) is 0 Å². The normalized spacial score (nSPS) is 11.9. The first-order chi connectivity index (χ1) is 13.3. The lowest BCUT2D eigenvalue weighted by Gasteiger charge is -2.02. The van der Waals surface area contributed by atoms with Crippen LogP contribution in [0.5, 0.6) is 0 Å². The molecule has 0 bridgehead atoms. The number of thiophene rings is 1. The third-order valence-electron chi connectivity index (χ3n) is 5.13. The number of benzene rings is 4. The highest BCUT2D eigenvalue weighted by molar-refractivity contribution is 7.26. The summed E-state index contributed by atoms with van der Waals surface area (Å²) in [6.07, 6.45) is 0. The minimum atomic E-state index is 0.746. The third kappa shape index (κ3) is 2.24. The summed E-state index contributed by atoms with van der Waals surface area (Å²) >= 11 is 8.03. The quantitative estimate of drug-likeness (QED) is 0.278. The number of hydrogen-bond donors (Lipinski definition) is 0. The summed E-state index contributed by atoms with van der Waals surface area (Å²) in [5, 5.41) is 5.67. The van der Waals surface area contributed by atoms with Crippen LogP contribution in [0.15, 0.2) is 83.3 Å². The van der Waals surface area contributed by atoms with Crippen LogP contribution in [0.4, 0.5) is 0 Å². The lowest BCUT2D eigenvalue weighted by atomic mass is 10.0. The molecule has 0 spiro atoms. The summed E-state index contributed by atoms with van der Waals surface area (Å²) in [4.78, 5) is 0. The van der Waals surface area contributed by atoms with Crippen molar-refractivity contribution in [2.24, 2.45) is 0 Å². The zero-order valence-corrected chi connectivity index (χ0v) is 15.8. The molecule has 0 N–H and O–H groups in total. The number of halogens is 1. The fourth-order valence-electron chi connectivity index (χ4n) is 3.93. The zero-order chi connectivity index (χ0) is 18.0. The Bertz CT molecular complexity index is 1490. The number of furan rings is 1. The van der Waals surface area contributed by atoms with Gasteiger partial charge >= 0.3 is 0 Å². The molecular weight excluding hydrogens is 372 g/mol. The van der Waals surface area contributed by atoms with E-state index in [-0.39, 0.29) is 0 Å². The molecule has 0 atom stereocenters. The molecule has 6 rings (SSSR count). The molecule has 0 aliphatic carbocycles. The average molecular weight is 385 g/mol. The van der Waals surface area contributed by atoms with Gasteiger partial charge in [-0.2, -0.15) is 0 Å². The smallest absolute Gasteiger partial charge is 0.136 e. The van der Waals surface area contributed by atoms with E-state index in [0.717, 1.165) is 32.7 Å². The minimum Gasteiger partial charge on any atom is -0.456 e. The van der Waals surface area contributed by atoms with E-state index in [1.54, 1.807) is 0 Å². The molecule has 0 amide bonds. The highest BCUT2D eigenvalue weighted by atomic mass is 35.5. The van der Waals surface area contributed by atoms with Crippen molar-refractivity contribution in [3.63, 3.8) is 0 Å². The molecule has 27 heavy (non-hydrogen) atoms. The van der Waals surface area contributed by atoms with Gasteiger partial charge in [-0.3, -0.25) is 0 Å². The SMILES string of the molecule is Clc1cccc(-c2ccc3oc4ccc5sc6ccccc6c5c4c3c2)c1. The molecule has 6 aromatic rings. The maximum Gasteiger partial charge on any atom is 0.136 e. The number of rotatable bonds is 1. The predicted molar refractivity (Wildman–Crippen MR) is 117 cm³/mol. The molecule has 0 aliphatic rings. The van der Waals surface area contributed by atoms with Crippen LogP contribution in [-0.2, 0) is 0 Å². The molecule has 0 saturated heterocycles. The maximum atomic E-state index is 6.20. The standard InChI is InChI=1S/C24H13ClOS/c25-16-5-3-4-14(12-16)15-8-9-19-18(13-15)23-20(26-19)10-11-22-24(23)17-6-1-2-7-21(17)27-22/h1-13H. The lowest BCUT2D eigenvalue weighted by Crippen LogP contribution is -1.78. The van der Waals surface area contributed by atoms with Crippen LogP contribution in [0.1, 0.15) is 0 Å². The van der Waals surface area contributed by atoms with Gasteiger partial charge in [-0.15, -0.1) is 11.3 Å². The monoisotopic (exact) mass is 384 g/mol. The topological polar surface area (TPSA) is 13.1 Å². The van der Waals surface area contributed by atoms with E-state index in [2.05, 4.69) is 60.7 Å². The van der Waals surface area contributed by atoms with E-state index in [1.807, 2.05) is 29.5 Å². The van der Waals surface area contributed by atoms with Crippen molar-refractivity contribution in [2.75, 3.05) is 0 Å². The summed E-state index contributed by atoms with van der Waals surface area (Å²) < 4.78 is 8.77. The van der Waals surface area contributed by atoms with E-state index in [9.17, 15) is 0 Å². The van der Waals surface area contributed by atoms with Crippen molar-refractivity contribution in [3.05, 3.63) is 83.9 Å². The Morgan fingerprint density at radius 1 is 0.630 bits per heavy atom. The van der Waals surface area contributed by atoms with E-state index < -0.39 is 0 Å². The van der Waals surface area contributed by atoms with E-state index in [0.29, 0.717) is 0 Å². The highest BCUT2D eigenvalue weighted by Gasteiger charge is 2.15. The summed E-state index contributed by atoms with van der Waals surface area (Å²) in [5.74, 6) is 0. The van der Waals surface area contributed by atoms with Crippen LogP contribution >= 0.6 is 22.9 Å². The van der Waals surface area contributed by atoms with Gasteiger partial charge in [-0.25, -0.2) is 0 Å². The second-order valence-electron chi connectivity index (χ2n) is 6.73. The third-order valence-corrected chi connectivity index (χ3v) is 6.50. The van der Waals surface area contributed by atoms with Crippen LogP contribution in [0.3, 0.4) is 0 Å². The molecule has 1 nitrogen and oxygen atoms in total. The van der Waals surface area contributed by atoms with Crippen molar-refractivity contribution in [1.29, 1.82) is 0 Å². The second kappa shape index (κ2) is 5.59. The first-order valence-electron chi connectivity index (χ1n) is 8.80. The van der Waals surface area contributed by atoms with Crippen LogP contribution < -0.4 is 0 Å². The molecule has 0 unspecified atom stereocenters. The van der Waals surface area contributed by atoms with Gasteiger partial charge in [0.15, 0.2) is 0 Å². The van der Waals surface area contributed by atoms with E-state index in [1.165, 1.54) is 25.6 Å². The second-order valence-corrected chi connectivity index (χ2v) is 8.25. The minimum absolute atomic E-state index is 0.746. The summed E-state index contributed by atoms with van der Waals surface area (Å²) in [6.45, 7) is 0. The zero-order valence-electron chi connectivity index (χ0n) is 14.2. The first-order valence-corrected chi connectivity index (χ1v) is 10.00. The Morgan fingerprint density at radius 3 is 2.41 bits per heavy atom. The molecule has 2 aromatic heterocycles. The Labute approximate surface area is 164 Å². The van der Waals surface area contributed by atoms with Gasteiger partial charge < -0.3 is 4.42 Å². The van der Waals surface area contributed by atoms with Gasteiger partial charge in [-0.1, -0.05) is 48.0 Å². The number of fused-ring (bicyclic) bond motifs is 7. The lowest BCUT2D eigenvalue weighted by molar-refractivity contribution is 0.669.